The zero-order valence-electron chi connectivity index (χ0n) is 10.4. The van der Waals surface area contributed by atoms with Crippen molar-refractivity contribution < 1.29 is 4.92 Å². The normalized spacial score (nSPS) is 14.3. The van der Waals surface area contributed by atoms with Gasteiger partial charge in [-0.1, -0.05) is 38.5 Å². The third kappa shape index (κ3) is 4.15. The number of para-hydroxylation sites is 1. The summed E-state index contributed by atoms with van der Waals surface area (Å²) in [6, 6.07) is 6.81. The minimum atomic E-state index is -0.342. The standard InChI is InChI=1S/C13H20N2O2/c1-3-10(2)8-12(14)9-11-6-4-5-7-13(11)15(16)17/h4-7,10,12H,3,8-9,14H2,1-2H3. The molecule has 0 aliphatic rings. The van der Waals surface area contributed by atoms with Crippen LogP contribution in [0, 0.1) is 16.0 Å². The van der Waals surface area contributed by atoms with Crippen LogP contribution in [0.5, 0.6) is 0 Å². The van der Waals surface area contributed by atoms with Crippen LogP contribution in [0.25, 0.3) is 0 Å². The minimum Gasteiger partial charge on any atom is -0.327 e. The molecule has 0 spiro atoms. The molecule has 1 aromatic rings. The van der Waals surface area contributed by atoms with Crippen molar-refractivity contribution in [2.45, 2.75) is 39.2 Å². The second kappa shape index (κ2) is 6.35. The minimum absolute atomic E-state index is 0.00829. The average molecular weight is 236 g/mol. The van der Waals surface area contributed by atoms with Crippen molar-refractivity contribution in [3.05, 3.63) is 39.9 Å². The van der Waals surface area contributed by atoms with E-state index in [-0.39, 0.29) is 16.7 Å². The van der Waals surface area contributed by atoms with Crippen LogP contribution in [0.2, 0.25) is 0 Å². The first kappa shape index (κ1) is 13.6. The van der Waals surface area contributed by atoms with Crippen LogP contribution in [0.4, 0.5) is 5.69 Å². The Kier molecular flexibility index (Phi) is 5.10. The van der Waals surface area contributed by atoms with E-state index in [1.807, 2.05) is 6.07 Å². The van der Waals surface area contributed by atoms with Gasteiger partial charge in [-0.05, 0) is 18.8 Å². The smallest absolute Gasteiger partial charge is 0.272 e. The molecule has 0 aliphatic heterocycles. The maximum Gasteiger partial charge on any atom is 0.272 e. The Morgan fingerprint density at radius 3 is 2.65 bits per heavy atom. The summed E-state index contributed by atoms with van der Waals surface area (Å²) in [4.78, 5) is 10.5. The molecule has 4 nitrogen and oxygen atoms in total. The van der Waals surface area contributed by atoms with E-state index in [9.17, 15) is 10.1 Å². The predicted molar refractivity (Wildman–Crippen MR) is 68.8 cm³/mol. The van der Waals surface area contributed by atoms with E-state index >= 15 is 0 Å². The third-order valence-corrected chi connectivity index (χ3v) is 3.07. The molecule has 0 bridgehead atoms. The van der Waals surface area contributed by atoms with E-state index in [2.05, 4.69) is 13.8 Å². The summed E-state index contributed by atoms with van der Waals surface area (Å²) < 4.78 is 0. The summed E-state index contributed by atoms with van der Waals surface area (Å²) in [5.74, 6) is 0.563. The molecule has 0 saturated carbocycles. The Bertz CT molecular complexity index is 379. The van der Waals surface area contributed by atoms with E-state index in [0.29, 0.717) is 12.3 Å². The maximum absolute atomic E-state index is 10.8. The van der Waals surface area contributed by atoms with E-state index in [0.717, 1.165) is 18.4 Å². The Morgan fingerprint density at radius 2 is 2.06 bits per heavy atom. The quantitative estimate of drug-likeness (QED) is 0.610. The van der Waals surface area contributed by atoms with Gasteiger partial charge in [0, 0.05) is 17.7 Å². The van der Waals surface area contributed by atoms with Gasteiger partial charge in [-0.2, -0.15) is 0 Å². The average Bonchev–Trinajstić information content (AvgIpc) is 2.29. The Labute approximate surface area is 102 Å². The van der Waals surface area contributed by atoms with Crippen molar-refractivity contribution in [3.63, 3.8) is 0 Å². The Hall–Kier alpha value is -1.42. The fourth-order valence-corrected chi connectivity index (χ4v) is 1.91. The highest BCUT2D eigenvalue weighted by atomic mass is 16.6. The number of nitro groups is 1. The molecule has 1 rings (SSSR count). The molecule has 94 valence electrons. The van der Waals surface area contributed by atoms with E-state index < -0.39 is 0 Å². The van der Waals surface area contributed by atoms with Gasteiger partial charge in [0.05, 0.1) is 4.92 Å². The van der Waals surface area contributed by atoms with Gasteiger partial charge in [0.15, 0.2) is 0 Å². The van der Waals surface area contributed by atoms with Gasteiger partial charge < -0.3 is 5.73 Å². The van der Waals surface area contributed by atoms with Gasteiger partial charge >= 0.3 is 0 Å². The summed E-state index contributed by atoms with van der Waals surface area (Å²) in [6.07, 6.45) is 2.56. The van der Waals surface area contributed by atoms with Gasteiger partial charge in [-0.25, -0.2) is 0 Å². The fraction of sp³-hybridized carbons (Fsp3) is 0.538. The maximum atomic E-state index is 10.8. The topological polar surface area (TPSA) is 69.2 Å². The highest BCUT2D eigenvalue weighted by Crippen LogP contribution is 2.20. The molecule has 0 radical (unpaired) electrons. The second-order valence-corrected chi connectivity index (χ2v) is 4.60. The summed E-state index contributed by atoms with van der Waals surface area (Å²) in [5, 5.41) is 10.8. The highest BCUT2D eigenvalue weighted by Gasteiger charge is 2.16. The van der Waals surface area contributed by atoms with Crippen molar-refractivity contribution in [3.8, 4) is 0 Å². The number of nitro benzene ring substituents is 1. The van der Waals surface area contributed by atoms with Crippen LogP contribution >= 0.6 is 0 Å². The molecule has 2 unspecified atom stereocenters. The van der Waals surface area contributed by atoms with E-state index in [1.54, 1.807) is 12.1 Å². The van der Waals surface area contributed by atoms with Gasteiger partial charge in [-0.15, -0.1) is 0 Å². The molecular formula is C13H20N2O2. The van der Waals surface area contributed by atoms with Gasteiger partial charge in [0.1, 0.15) is 0 Å². The zero-order chi connectivity index (χ0) is 12.8. The molecule has 0 fully saturated rings. The van der Waals surface area contributed by atoms with Gasteiger partial charge in [-0.3, -0.25) is 10.1 Å². The molecule has 0 aromatic heterocycles. The molecule has 2 atom stereocenters. The SMILES string of the molecule is CCC(C)CC(N)Cc1ccccc1[N+](=O)[O-]. The number of hydrogen-bond donors (Lipinski definition) is 1. The predicted octanol–water partition coefficient (Wildman–Crippen LogP) is 2.90. The largest absolute Gasteiger partial charge is 0.327 e. The van der Waals surface area contributed by atoms with Crippen molar-refractivity contribution >= 4 is 5.69 Å². The molecular weight excluding hydrogens is 216 g/mol. The molecule has 4 heteroatoms. The first-order valence-corrected chi connectivity index (χ1v) is 6.02. The molecule has 0 aliphatic carbocycles. The summed E-state index contributed by atoms with van der Waals surface area (Å²) in [5.41, 5.74) is 6.93. The molecule has 0 heterocycles. The number of nitrogens with two attached hydrogens (primary N) is 1. The molecule has 17 heavy (non-hydrogen) atoms. The third-order valence-electron chi connectivity index (χ3n) is 3.07. The summed E-state index contributed by atoms with van der Waals surface area (Å²) >= 11 is 0. The van der Waals surface area contributed by atoms with E-state index in [1.165, 1.54) is 6.07 Å². The summed E-state index contributed by atoms with van der Waals surface area (Å²) in [7, 11) is 0. The first-order chi connectivity index (χ1) is 8.04. The van der Waals surface area contributed by atoms with E-state index in [4.69, 9.17) is 5.73 Å². The number of benzene rings is 1. The number of hydrogen-bond acceptors (Lipinski definition) is 3. The van der Waals surface area contributed by atoms with Gasteiger partial charge in [0.25, 0.3) is 5.69 Å². The van der Waals surface area contributed by atoms with Crippen LogP contribution < -0.4 is 5.73 Å². The van der Waals surface area contributed by atoms with Crippen LogP contribution in [-0.4, -0.2) is 11.0 Å². The van der Waals surface area contributed by atoms with Crippen LogP contribution in [0.1, 0.15) is 32.3 Å². The molecule has 2 N–H and O–H groups in total. The van der Waals surface area contributed by atoms with Crippen molar-refractivity contribution in [1.82, 2.24) is 0 Å². The number of rotatable bonds is 6. The Morgan fingerprint density at radius 1 is 1.41 bits per heavy atom. The lowest BCUT2D eigenvalue weighted by Gasteiger charge is -2.15. The van der Waals surface area contributed by atoms with Crippen LogP contribution in [0.3, 0.4) is 0 Å². The van der Waals surface area contributed by atoms with Crippen LogP contribution in [0.15, 0.2) is 24.3 Å². The van der Waals surface area contributed by atoms with Crippen molar-refractivity contribution in [2.24, 2.45) is 11.7 Å². The molecule has 1 aromatic carbocycles. The lowest BCUT2D eigenvalue weighted by Crippen LogP contribution is -2.25. The fourth-order valence-electron chi connectivity index (χ4n) is 1.91. The lowest BCUT2D eigenvalue weighted by molar-refractivity contribution is -0.385. The zero-order valence-corrected chi connectivity index (χ0v) is 10.4. The summed E-state index contributed by atoms with van der Waals surface area (Å²) in [6.45, 7) is 4.28. The lowest BCUT2D eigenvalue weighted by atomic mass is 9.95. The molecule has 0 amide bonds. The van der Waals surface area contributed by atoms with Crippen LogP contribution in [-0.2, 0) is 6.42 Å². The highest BCUT2D eigenvalue weighted by molar-refractivity contribution is 5.40. The Balaban J connectivity index is 2.71. The molecule has 0 saturated heterocycles. The van der Waals surface area contributed by atoms with Crippen molar-refractivity contribution in [2.75, 3.05) is 0 Å². The first-order valence-electron chi connectivity index (χ1n) is 6.02. The second-order valence-electron chi connectivity index (χ2n) is 4.60. The van der Waals surface area contributed by atoms with Crippen molar-refractivity contribution in [1.29, 1.82) is 0 Å². The number of nitrogens with zero attached hydrogens (tertiary/aromatic N) is 1. The van der Waals surface area contributed by atoms with Gasteiger partial charge in [0.2, 0.25) is 0 Å². The monoisotopic (exact) mass is 236 g/mol.